The van der Waals surface area contributed by atoms with Crippen molar-refractivity contribution in [1.82, 2.24) is 10.0 Å². The van der Waals surface area contributed by atoms with Crippen molar-refractivity contribution >= 4 is 10.0 Å². The van der Waals surface area contributed by atoms with Crippen molar-refractivity contribution in [1.29, 1.82) is 0 Å². The van der Waals surface area contributed by atoms with Gasteiger partial charge in [0, 0.05) is 19.7 Å². The van der Waals surface area contributed by atoms with Crippen LogP contribution in [0.4, 0.5) is 4.39 Å². The summed E-state index contributed by atoms with van der Waals surface area (Å²) in [5.41, 5.74) is 0.720. The van der Waals surface area contributed by atoms with Crippen molar-refractivity contribution in [3.8, 4) is 0 Å². The van der Waals surface area contributed by atoms with Crippen LogP contribution < -0.4 is 10.0 Å². The lowest BCUT2D eigenvalue weighted by Crippen LogP contribution is -2.30. The fraction of sp³-hybridized carbons (Fsp3) is 0.571. The molecular formula is C14H21FN2O3S. The van der Waals surface area contributed by atoms with Crippen LogP contribution in [0.25, 0.3) is 0 Å². The van der Waals surface area contributed by atoms with Gasteiger partial charge in [-0.05, 0) is 36.6 Å². The fourth-order valence-corrected chi connectivity index (χ4v) is 3.36. The molecule has 0 spiro atoms. The van der Waals surface area contributed by atoms with E-state index in [2.05, 4.69) is 10.0 Å². The molecule has 1 unspecified atom stereocenters. The van der Waals surface area contributed by atoms with Gasteiger partial charge in [0.05, 0.1) is 6.61 Å². The van der Waals surface area contributed by atoms with Crippen molar-refractivity contribution in [3.63, 3.8) is 0 Å². The van der Waals surface area contributed by atoms with Gasteiger partial charge in [0.25, 0.3) is 0 Å². The predicted molar refractivity (Wildman–Crippen MR) is 77.9 cm³/mol. The van der Waals surface area contributed by atoms with E-state index in [1.807, 2.05) is 6.92 Å². The van der Waals surface area contributed by atoms with E-state index in [0.717, 1.165) is 18.5 Å². The van der Waals surface area contributed by atoms with Crippen LogP contribution in [0.3, 0.4) is 0 Å². The zero-order valence-corrected chi connectivity index (χ0v) is 12.9. The van der Waals surface area contributed by atoms with E-state index in [9.17, 15) is 12.8 Å². The highest BCUT2D eigenvalue weighted by atomic mass is 32.2. The molecule has 21 heavy (non-hydrogen) atoms. The summed E-state index contributed by atoms with van der Waals surface area (Å²) in [7, 11) is -3.82. The number of rotatable bonds is 7. The molecule has 118 valence electrons. The average Bonchev–Trinajstić information content (AvgIpc) is 2.96. The molecule has 0 aromatic heterocycles. The molecule has 1 heterocycles. The molecular weight excluding hydrogens is 295 g/mol. The first-order valence-corrected chi connectivity index (χ1v) is 8.58. The van der Waals surface area contributed by atoms with Gasteiger partial charge in [0.15, 0.2) is 0 Å². The maximum atomic E-state index is 14.0. The molecule has 2 N–H and O–H groups in total. The molecule has 2 rings (SSSR count). The highest BCUT2D eigenvalue weighted by molar-refractivity contribution is 7.89. The third kappa shape index (κ3) is 4.47. The van der Waals surface area contributed by atoms with Crippen LogP contribution in [0, 0.1) is 11.7 Å². The molecule has 1 fully saturated rings. The van der Waals surface area contributed by atoms with Crippen molar-refractivity contribution in [2.45, 2.75) is 24.8 Å². The summed E-state index contributed by atoms with van der Waals surface area (Å²) in [4.78, 5) is -0.304. The first-order chi connectivity index (χ1) is 10.0. The number of hydrogen-bond donors (Lipinski definition) is 2. The van der Waals surface area contributed by atoms with Gasteiger partial charge in [-0.3, -0.25) is 0 Å². The van der Waals surface area contributed by atoms with Gasteiger partial charge in [0.2, 0.25) is 10.0 Å². The first-order valence-electron chi connectivity index (χ1n) is 7.09. The second-order valence-corrected chi connectivity index (χ2v) is 6.86. The summed E-state index contributed by atoms with van der Waals surface area (Å²) in [6, 6.07) is 4.20. The van der Waals surface area contributed by atoms with E-state index < -0.39 is 15.8 Å². The number of sulfonamides is 1. The average molecular weight is 316 g/mol. The third-order valence-corrected chi connectivity index (χ3v) is 4.91. The molecule has 5 nitrogen and oxygen atoms in total. The lowest BCUT2D eigenvalue weighted by molar-refractivity contribution is 0.186. The zero-order valence-electron chi connectivity index (χ0n) is 12.1. The lowest BCUT2D eigenvalue weighted by atomic mass is 10.1. The third-order valence-electron chi connectivity index (χ3n) is 3.45. The molecule has 1 saturated heterocycles. The number of hydrogen-bond acceptors (Lipinski definition) is 4. The molecule has 0 radical (unpaired) electrons. The Morgan fingerprint density at radius 3 is 2.86 bits per heavy atom. The molecule has 0 aliphatic carbocycles. The molecule has 1 aliphatic heterocycles. The quantitative estimate of drug-likeness (QED) is 0.794. The maximum Gasteiger partial charge on any atom is 0.243 e. The Kier molecular flexibility index (Phi) is 5.69. The largest absolute Gasteiger partial charge is 0.381 e. The Morgan fingerprint density at radius 1 is 1.43 bits per heavy atom. The van der Waals surface area contributed by atoms with Crippen LogP contribution in [-0.2, 0) is 21.3 Å². The number of nitrogens with one attached hydrogen (secondary N) is 2. The smallest absolute Gasteiger partial charge is 0.243 e. The number of halogens is 1. The van der Waals surface area contributed by atoms with Gasteiger partial charge in [-0.1, -0.05) is 13.0 Å². The summed E-state index contributed by atoms with van der Waals surface area (Å²) in [5.74, 6) is -0.559. The van der Waals surface area contributed by atoms with Crippen molar-refractivity contribution < 1.29 is 17.5 Å². The second-order valence-electron chi connectivity index (χ2n) is 5.13. The van der Waals surface area contributed by atoms with Gasteiger partial charge in [-0.15, -0.1) is 0 Å². The topological polar surface area (TPSA) is 67.4 Å². The van der Waals surface area contributed by atoms with E-state index in [4.69, 9.17) is 4.74 Å². The van der Waals surface area contributed by atoms with Crippen molar-refractivity contribution in [3.05, 3.63) is 29.6 Å². The lowest BCUT2D eigenvalue weighted by Gasteiger charge is -2.11. The summed E-state index contributed by atoms with van der Waals surface area (Å²) in [6.07, 6.45) is 0.826. The minimum absolute atomic E-state index is 0.163. The Hall–Kier alpha value is -1.02. The van der Waals surface area contributed by atoms with E-state index >= 15 is 0 Å². The second kappa shape index (κ2) is 7.31. The van der Waals surface area contributed by atoms with Crippen LogP contribution >= 0.6 is 0 Å². The Labute approximate surface area is 124 Å². The minimum Gasteiger partial charge on any atom is -0.381 e. The fourth-order valence-electron chi connectivity index (χ4n) is 2.19. The van der Waals surface area contributed by atoms with Crippen LogP contribution in [-0.4, -0.2) is 34.7 Å². The van der Waals surface area contributed by atoms with Crippen LogP contribution in [0.1, 0.15) is 18.9 Å². The predicted octanol–water partition coefficient (Wildman–Crippen LogP) is 1.25. The van der Waals surface area contributed by atoms with Gasteiger partial charge in [-0.25, -0.2) is 17.5 Å². The molecule has 1 aromatic rings. The van der Waals surface area contributed by atoms with Crippen molar-refractivity contribution in [2.75, 3.05) is 26.3 Å². The first kappa shape index (κ1) is 16.4. The molecule has 0 bridgehead atoms. The van der Waals surface area contributed by atoms with Crippen LogP contribution in [0.15, 0.2) is 23.1 Å². The van der Waals surface area contributed by atoms with E-state index in [1.54, 1.807) is 6.07 Å². The van der Waals surface area contributed by atoms with E-state index in [-0.39, 0.29) is 17.4 Å². The van der Waals surface area contributed by atoms with Crippen LogP contribution in [0.5, 0.6) is 0 Å². The minimum atomic E-state index is -3.82. The monoisotopic (exact) mass is 316 g/mol. The Bertz CT molecular complexity index is 572. The van der Waals surface area contributed by atoms with Gasteiger partial charge in [0.1, 0.15) is 10.7 Å². The van der Waals surface area contributed by atoms with Crippen molar-refractivity contribution in [2.24, 2.45) is 5.92 Å². The molecule has 0 saturated carbocycles. The van der Waals surface area contributed by atoms with Crippen LogP contribution in [0.2, 0.25) is 0 Å². The number of benzene rings is 1. The standard InChI is InChI=1S/C14H21FN2O3S/c1-2-16-8-11-3-4-14(13(15)7-11)21(18,19)17-9-12-5-6-20-10-12/h3-4,7,12,16-17H,2,5-6,8-10H2,1H3. The van der Waals surface area contributed by atoms with Gasteiger partial charge in [-0.2, -0.15) is 0 Å². The number of ether oxygens (including phenoxy) is 1. The van der Waals surface area contributed by atoms with Gasteiger partial charge < -0.3 is 10.1 Å². The van der Waals surface area contributed by atoms with E-state index in [1.165, 1.54) is 12.1 Å². The zero-order chi connectivity index (χ0) is 15.3. The molecule has 7 heteroatoms. The summed E-state index contributed by atoms with van der Waals surface area (Å²) < 4.78 is 45.9. The molecule has 0 amide bonds. The highest BCUT2D eigenvalue weighted by Crippen LogP contribution is 2.17. The summed E-state index contributed by atoms with van der Waals surface area (Å²) >= 11 is 0. The van der Waals surface area contributed by atoms with E-state index in [0.29, 0.717) is 19.8 Å². The Morgan fingerprint density at radius 2 is 2.24 bits per heavy atom. The maximum absolute atomic E-state index is 14.0. The molecule has 1 aromatic carbocycles. The molecule has 1 atom stereocenters. The summed E-state index contributed by atoms with van der Waals surface area (Å²) in [5, 5.41) is 3.07. The SMILES string of the molecule is CCNCc1ccc(S(=O)(=O)NCC2CCOC2)c(F)c1. The highest BCUT2D eigenvalue weighted by Gasteiger charge is 2.22. The normalized spacial score (nSPS) is 19.0. The Balaban J connectivity index is 2.04. The van der Waals surface area contributed by atoms with Gasteiger partial charge >= 0.3 is 0 Å². The molecule has 1 aliphatic rings. The summed E-state index contributed by atoms with van der Waals surface area (Å²) in [6.45, 7) is 4.71.